The first-order chi connectivity index (χ1) is 16.0. The normalized spacial score (nSPS) is 13.2. The number of carbonyl (C=O) groups is 1. The average molecular weight is 480 g/mol. The maximum Gasteiger partial charge on any atom is 0.267 e. The summed E-state index contributed by atoms with van der Waals surface area (Å²) in [6.45, 7) is 2.00. The molecule has 5 nitrogen and oxygen atoms in total. The van der Waals surface area contributed by atoms with Gasteiger partial charge in [0.05, 0.1) is 16.8 Å². The van der Waals surface area contributed by atoms with Crippen LogP contribution < -0.4 is 10.9 Å². The molecule has 8 heteroatoms. The molecule has 1 N–H and O–H groups in total. The number of halogens is 1. The van der Waals surface area contributed by atoms with E-state index >= 15 is 0 Å². The summed E-state index contributed by atoms with van der Waals surface area (Å²) in [6.07, 6.45) is 4.11. The van der Waals surface area contributed by atoms with Crippen LogP contribution >= 0.6 is 23.1 Å². The Balaban J connectivity index is 1.52. The molecule has 0 bridgehead atoms. The second-order valence-corrected chi connectivity index (χ2v) is 10.1. The summed E-state index contributed by atoms with van der Waals surface area (Å²) in [5.74, 6) is -0.658. The molecule has 0 fully saturated rings. The first-order valence-electron chi connectivity index (χ1n) is 10.8. The number of aryl methyl sites for hydroxylation is 3. The Kier molecular flexibility index (Phi) is 6.03. The van der Waals surface area contributed by atoms with E-state index in [1.54, 1.807) is 28.0 Å². The fraction of sp³-hybridized carbons (Fsp3) is 0.240. The third-order valence-corrected chi connectivity index (χ3v) is 7.82. The first-order valence-corrected chi connectivity index (χ1v) is 12.6. The molecule has 0 saturated carbocycles. The van der Waals surface area contributed by atoms with Gasteiger partial charge in [0.1, 0.15) is 10.6 Å². The Hall–Kier alpha value is -2.97. The number of nitrogens with one attached hydrogen (secondary N) is 1. The lowest BCUT2D eigenvalue weighted by Crippen LogP contribution is -2.23. The molecule has 1 amide bonds. The van der Waals surface area contributed by atoms with Crippen molar-refractivity contribution in [2.24, 2.45) is 0 Å². The van der Waals surface area contributed by atoms with Gasteiger partial charge in [0.25, 0.3) is 5.56 Å². The van der Waals surface area contributed by atoms with Gasteiger partial charge in [0.2, 0.25) is 5.91 Å². The topological polar surface area (TPSA) is 64.0 Å². The van der Waals surface area contributed by atoms with Crippen LogP contribution in [0.25, 0.3) is 15.9 Å². The molecule has 0 spiro atoms. The summed E-state index contributed by atoms with van der Waals surface area (Å²) in [7, 11) is 0. The lowest BCUT2D eigenvalue weighted by molar-refractivity contribution is -0.113. The molecule has 2 aromatic carbocycles. The van der Waals surface area contributed by atoms with Crippen molar-refractivity contribution < 1.29 is 9.18 Å². The Morgan fingerprint density at radius 2 is 1.97 bits per heavy atom. The second-order valence-electron chi connectivity index (χ2n) is 8.11. The molecule has 2 aromatic heterocycles. The van der Waals surface area contributed by atoms with Gasteiger partial charge in [-0.3, -0.25) is 14.2 Å². The summed E-state index contributed by atoms with van der Waals surface area (Å²) in [5, 5.41) is 3.89. The largest absolute Gasteiger partial charge is 0.325 e. The second kappa shape index (κ2) is 9.11. The van der Waals surface area contributed by atoms with E-state index < -0.39 is 5.82 Å². The van der Waals surface area contributed by atoms with Crippen LogP contribution in [0.15, 0.2) is 58.5 Å². The van der Waals surface area contributed by atoms with Crippen LogP contribution in [0.2, 0.25) is 0 Å². The van der Waals surface area contributed by atoms with Crippen molar-refractivity contribution in [1.29, 1.82) is 0 Å². The molecule has 0 radical (unpaired) electrons. The lowest BCUT2D eigenvalue weighted by Gasteiger charge is -2.14. The molecule has 0 saturated heterocycles. The van der Waals surface area contributed by atoms with E-state index in [9.17, 15) is 14.0 Å². The number of amides is 1. The van der Waals surface area contributed by atoms with E-state index in [-0.39, 0.29) is 17.2 Å². The SMILES string of the molecule is Cc1ccc(-n2c(SCC(=O)Nc3cccc(F)c3)nc3sc4c(c3c2=O)CCCC4)cc1. The minimum Gasteiger partial charge on any atom is -0.325 e. The molecule has 168 valence electrons. The van der Waals surface area contributed by atoms with Crippen molar-refractivity contribution >= 4 is 44.9 Å². The molecule has 1 aliphatic carbocycles. The number of benzene rings is 2. The first kappa shape index (κ1) is 21.9. The van der Waals surface area contributed by atoms with Crippen LogP contribution in [0.3, 0.4) is 0 Å². The highest BCUT2D eigenvalue weighted by molar-refractivity contribution is 7.99. The predicted octanol–water partition coefficient (Wildman–Crippen LogP) is 5.50. The van der Waals surface area contributed by atoms with Crippen LogP contribution in [0.4, 0.5) is 10.1 Å². The third-order valence-electron chi connectivity index (χ3n) is 5.69. The van der Waals surface area contributed by atoms with Gasteiger partial charge in [0, 0.05) is 10.6 Å². The average Bonchev–Trinajstić information content (AvgIpc) is 3.17. The number of fused-ring (bicyclic) bond motifs is 3. The van der Waals surface area contributed by atoms with Crippen LogP contribution in [-0.2, 0) is 17.6 Å². The van der Waals surface area contributed by atoms with E-state index in [0.717, 1.165) is 47.3 Å². The number of rotatable bonds is 5. The van der Waals surface area contributed by atoms with Crippen LogP contribution in [-0.4, -0.2) is 21.2 Å². The fourth-order valence-electron chi connectivity index (χ4n) is 4.10. The number of anilines is 1. The zero-order valence-electron chi connectivity index (χ0n) is 18.1. The Morgan fingerprint density at radius 1 is 1.18 bits per heavy atom. The van der Waals surface area contributed by atoms with Crippen LogP contribution in [0.5, 0.6) is 0 Å². The van der Waals surface area contributed by atoms with Gasteiger partial charge in [-0.25, -0.2) is 9.37 Å². The van der Waals surface area contributed by atoms with Gasteiger partial charge in [-0.15, -0.1) is 11.3 Å². The van der Waals surface area contributed by atoms with Crippen molar-refractivity contribution in [3.63, 3.8) is 0 Å². The standard InChI is InChI=1S/C25H22FN3O2S2/c1-15-9-11-18(12-10-15)29-24(31)22-19-7-2-3-8-20(19)33-23(22)28-25(29)32-14-21(30)27-17-6-4-5-16(26)13-17/h4-6,9-13H,2-3,7-8,14H2,1H3,(H,27,30). The van der Waals surface area contributed by atoms with Crippen LogP contribution in [0.1, 0.15) is 28.8 Å². The van der Waals surface area contributed by atoms with E-state index in [1.165, 1.54) is 28.8 Å². The monoisotopic (exact) mass is 479 g/mol. The summed E-state index contributed by atoms with van der Waals surface area (Å²) in [4.78, 5) is 33.1. The van der Waals surface area contributed by atoms with E-state index in [1.807, 2.05) is 31.2 Å². The van der Waals surface area contributed by atoms with Gasteiger partial charge >= 0.3 is 0 Å². The smallest absolute Gasteiger partial charge is 0.267 e. The number of thioether (sulfide) groups is 1. The molecule has 0 unspecified atom stereocenters. The minimum atomic E-state index is -0.414. The maximum atomic E-state index is 13.7. The number of thiophene rings is 1. The zero-order chi connectivity index (χ0) is 22.9. The van der Waals surface area contributed by atoms with Gasteiger partial charge in [-0.2, -0.15) is 0 Å². The zero-order valence-corrected chi connectivity index (χ0v) is 19.7. The van der Waals surface area contributed by atoms with Gasteiger partial charge in [-0.05, 0) is 68.5 Å². The van der Waals surface area contributed by atoms with E-state index in [2.05, 4.69) is 5.32 Å². The molecule has 5 rings (SSSR count). The van der Waals surface area contributed by atoms with Crippen molar-refractivity contribution in [3.05, 3.63) is 80.7 Å². The number of hydrogen-bond donors (Lipinski definition) is 1. The van der Waals surface area contributed by atoms with Gasteiger partial charge < -0.3 is 5.32 Å². The van der Waals surface area contributed by atoms with Crippen LogP contribution in [0, 0.1) is 12.7 Å². The van der Waals surface area contributed by atoms with Crippen molar-refractivity contribution in [3.8, 4) is 5.69 Å². The number of carbonyl (C=O) groups excluding carboxylic acids is 1. The maximum absolute atomic E-state index is 13.7. The summed E-state index contributed by atoms with van der Waals surface area (Å²) in [5.41, 5.74) is 3.27. The summed E-state index contributed by atoms with van der Waals surface area (Å²) < 4.78 is 15.0. The molecular weight excluding hydrogens is 457 g/mol. The van der Waals surface area contributed by atoms with Crippen molar-refractivity contribution in [2.45, 2.75) is 37.8 Å². The molecule has 4 aromatic rings. The van der Waals surface area contributed by atoms with Gasteiger partial charge in [0.15, 0.2) is 5.16 Å². The predicted molar refractivity (Wildman–Crippen MR) is 132 cm³/mol. The Morgan fingerprint density at radius 3 is 2.76 bits per heavy atom. The number of nitrogens with zero attached hydrogens (tertiary/aromatic N) is 2. The summed E-state index contributed by atoms with van der Waals surface area (Å²) in [6, 6.07) is 13.5. The molecule has 2 heterocycles. The molecular formula is C25H22FN3O2S2. The molecule has 33 heavy (non-hydrogen) atoms. The quantitative estimate of drug-likeness (QED) is 0.303. The fourth-order valence-corrected chi connectivity index (χ4v) is 6.21. The minimum absolute atomic E-state index is 0.0470. The Labute approximate surface area is 198 Å². The Bertz CT molecular complexity index is 1410. The van der Waals surface area contributed by atoms with Crippen molar-refractivity contribution in [1.82, 2.24) is 9.55 Å². The highest BCUT2D eigenvalue weighted by atomic mass is 32.2. The number of hydrogen-bond acceptors (Lipinski definition) is 5. The molecule has 0 aliphatic heterocycles. The molecule has 0 atom stereocenters. The highest BCUT2D eigenvalue weighted by Crippen LogP contribution is 2.35. The molecule has 1 aliphatic rings. The van der Waals surface area contributed by atoms with E-state index in [0.29, 0.717) is 16.2 Å². The third kappa shape index (κ3) is 4.45. The van der Waals surface area contributed by atoms with E-state index in [4.69, 9.17) is 4.98 Å². The summed E-state index contributed by atoms with van der Waals surface area (Å²) >= 11 is 2.80. The lowest BCUT2D eigenvalue weighted by atomic mass is 9.97. The number of aromatic nitrogens is 2. The highest BCUT2D eigenvalue weighted by Gasteiger charge is 2.23. The van der Waals surface area contributed by atoms with Crippen molar-refractivity contribution in [2.75, 3.05) is 11.1 Å². The van der Waals surface area contributed by atoms with Gasteiger partial charge in [-0.1, -0.05) is 35.5 Å².